The summed E-state index contributed by atoms with van der Waals surface area (Å²) in [5.41, 5.74) is 0. The SMILES string of the molecule is COc1ccc(OCCCC(=O)c2ccc(CCCCCP(=O)(O)O)s2)cc1. The summed E-state index contributed by atoms with van der Waals surface area (Å²) in [6, 6.07) is 11.2. The van der Waals surface area contributed by atoms with Crippen LogP contribution in [-0.2, 0) is 11.0 Å². The first kappa shape index (κ1) is 22.6. The Morgan fingerprint density at radius 3 is 2.39 bits per heavy atom. The van der Waals surface area contributed by atoms with Gasteiger partial charge in [0.15, 0.2) is 5.78 Å². The number of hydrogen-bond acceptors (Lipinski definition) is 5. The summed E-state index contributed by atoms with van der Waals surface area (Å²) < 4.78 is 21.5. The monoisotopic (exact) mass is 426 g/mol. The predicted molar refractivity (Wildman–Crippen MR) is 111 cm³/mol. The Morgan fingerprint density at radius 1 is 1.00 bits per heavy atom. The van der Waals surface area contributed by atoms with E-state index in [9.17, 15) is 9.36 Å². The van der Waals surface area contributed by atoms with Crippen LogP contribution in [0.25, 0.3) is 0 Å². The summed E-state index contributed by atoms with van der Waals surface area (Å²) in [5.74, 6) is 1.65. The lowest BCUT2D eigenvalue weighted by molar-refractivity contribution is 0.0977. The molecule has 0 saturated carbocycles. The molecule has 2 N–H and O–H groups in total. The number of ketones is 1. The summed E-state index contributed by atoms with van der Waals surface area (Å²) in [5, 5.41) is 0. The van der Waals surface area contributed by atoms with E-state index < -0.39 is 7.60 Å². The lowest BCUT2D eigenvalue weighted by Crippen LogP contribution is -2.02. The van der Waals surface area contributed by atoms with Gasteiger partial charge in [-0.05, 0) is 62.1 Å². The predicted octanol–water partition coefficient (Wildman–Crippen LogP) is 4.69. The molecule has 2 aromatic rings. The van der Waals surface area contributed by atoms with Crippen LogP contribution in [0.2, 0.25) is 0 Å². The fourth-order valence-corrected chi connectivity index (χ4v) is 4.33. The standard InChI is InChI=1S/C20H27O6PS/c1-25-16-8-10-17(11-9-16)26-14-5-7-19(21)20-13-12-18(28-20)6-3-2-4-15-27(22,23)24/h8-13H,2-7,14-15H2,1H3,(H2,22,23,24). The molecular formula is C20H27O6PS. The molecule has 0 spiro atoms. The molecule has 1 heterocycles. The van der Waals surface area contributed by atoms with E-state index in [0.717, 1.165) is 40.5 Å². The van der Waals surface area contributed by atoms with Gasteiger partial charge in [-0.15, -0.1) is 11.3 Å². The first-order valence-electron chi connectivity index (χ1n) is 9.31. The van der Waals surface area contributed by atoms with Gasteiger partial charge in [-0.2, -0.15) is 0 Å². The highest BCUT2D eigenvalue weighted by Crippen LogP contribution is 2.35. The third-order valence-electron chi connectivity index (χ3n) is 4.19. The third-order valence-corrected chi connectivity index (χ3v) is 6.27. The molecule has 0 bridgehead atoms. The molecule has 0 aliphatic heterocycles. The zero-order chi connectivity index (χ0) is 20.4. The Hall–Kier alpha value is -1.66. The molecule has 0 atom stereocenters. The maximum Gasteiger partial charge on any atom is 0.325 e. The number of hydrogen-bond donors (Lipinski definition) is 2. The van der Waals surface area contributed by atoms with Gasteiger partial charge in [0.25, 0.3) is 0 Å². The molecule has 28 heavy (non-hydrogen) atoms. The summed E-state index contributed by atoms with van der Waals surface area (Å²) in [6.07, 6.45) is 4.03. The molecule has 154 valence electrons. The number of carbonyl (C=O) groups is 1. The van der Waals surface area contributed by atoms with Crippen molar-refractivity contribution in [3.8, 4) is 11.5 Å². The van der Waals surface area contributed by atoms with Crippen LogP contribution in [0.15, 0.2) is 36.4 Å². The molecule has 1 aromatic carbocycles. The second-order valence-corrected chi connectivity index (χ2v) is 9.46. The number of unbranched alkanes of at least 4 members (excludes halogenated alkanes) is 2. The normalized spacial score (nSPS) is 11.4. The van der Waals surface area contributed by atoms with E-state index in [2.05, 4.69) is 0 Å². The molecule has 0 aliphatic carbocycles. The lowest BCUT2D eigenvalue weighted by atomic mass is 10.2. The van der Waals surface area contributed by atoms with Crippen molar-refractivity contribution in [2.75, 3.05) is 19.9 Å². The first-order valence-corrected chi connectivity index (χ1v) is 11.9. The third kappa shape index (κ3) is 8.57. The number of aryl methyl sites for hydroxylation is 1. The topological polar surface area (TPSA) is 93.1 Å². The number of Topliss-reactive ketones (excluding diaryl/α,β-unsaturated/α-hetero) is 1. The molecule has 0 aliphatic rings. The van der Waals surface area contributed by atoms with Crippen molar-refractivity contribution < 1.29 is 28.6 Å². The Morgan fingerprint density at radius 2 is 1.71 bits per heavy atom. The van der Waals surface area contributed by atoms with E-state index in [-0.39, 0.29) is 11.9 Å². The molecule has 0 fully saturated rings. The number of benzene rings is 1. The second kappa shape index (κ2) is 11.4. The van der Waals surface area contributed by atoms with Crippen LogP contribution in [0.5, 0.6) is 11.5 Å². The maximum atomic E-state index is 12.3. The van der Waals surface area contributed by atoms with E-state index in [0.29, 0.717) is 25.9 Å². The average Bonchev–Trinajstić information content (AvgIpc) is 3.13. The molecule has 2 rings (SSSR count). The maximum absolute atomic E-state index is 12.3. The Bertz CT molecular complexity index is 780. The second-order valence-electron chi connectivity index (χ2n) is 6.52. The van der Waals surface area contributed by atoms with Crippen molar-refractivity contribution in [1.82, 2.24) is 0 Å². The van der Waals surface area contributed by atoms with Crippen LogP contribution < -0.4 is 9.47 Å². The molecule has 0 amide bonds. The van der Waals surface area contributed by atoms with Crippen molar-refractivity contribution in [2.45, 2.75) is 38.5 Å². The van der Waals surface area contributed by atoms with E-state index in [4.69, 9.17) is 19.3 Å². The van der Waals surface area contributed by atoms with Crippen LogP contribution in [0.3, 0.4) is 0 Å². The number of carbonyl (C=O) groups excluding carboxylic acids is 1. The number of rotatable bonds is 13. The Balaban J connectivity index is 1.64. The van der Waals surface area contributed by atoms with E-state index in [1.165, 1.54) is 11.3 Å². The van der Waals surface area contributed by atoms with Crippen LogP contribution in [0.1, 0.15) is 46.7 Å². The van der Waals surface area contributed by atoms with Gasteiger partial charge in [-0.1, -0.05) is 6.42 Å². The summed E-state index contributed by atoms with van der Waals surface area (Å²) in [4.78, 5) is 31.9. The molecule has 8 heteroatoms. The zero-order valence-electron chi connectivity index (χ0n) is 16.0. The molecule has 0 saturated heterocycles. The van der Waals surface area contributed by atoms with E-state index in [1.54, 1.807) is 7.11 Å². The molecule has 0 unspecified atom stereocenters. The van der Waals surface area contributed by atoms with Gasteiger partial charge in [-0.25, -0.2) is 0 Å². The van der Waals surface area contributed by atoms with E-state index >= 15 is 0 Å². The lowest BCUT2D eigenvalue weighted by Gasteiger charge is -2.06. The van der Waals surface area contributed by atoms with Crippen LogP contribution >= 0.6 is 18.9 Å². The minimum atomic E-state index is -3.88. The summed E-state index contributed by atoms with van der Waals surface area (Å²) >= 11 is 1.51. The van der Waals surface area contributed by atoms with E-state index in [1.807, 2.05) is 36.4 Å². The van der Waals surface area contributed by atoms with Gasteiger partial charge in [0, 0.05) is 17.5 Å². The molecule has 1 aromatic heterocycles. The fourth-order valence-electron chi connectivity index (χ4n) is 2.67. The largest absolute Gasteiger partial charge is 0.497 e. The summed E-state index contributed by atoms with van der Waals surface area (Å²) in [7, 11) is -2.27. The Labute approximate surface area is 169 Å². The van der Waals surface area contributed by atoms with Crippen molar-refractivity contribution in [2.24, 2.45) is 0 Å². The zero-order valence-corrected chi connectivity index (χ0v) is 17.7. The molecule has 6 nitrogen and oxygen atoms in total. The number of ether oxygens (including phenoxy) is 2. The smallest absolute Gasteiger partial charge is 0.325 e. The highest BCUT2D eigenvalue weighted by molar-refractivity contribution is 7.51. The molecule has 0 radical (unpaired) electrons. The van der Waals surface area contributed by atoms with Gasteiger partial charge < -0.3 is 19.3 Å². The van der Waals surface area contributed by atoms with Crippen molar-refractivity contribution in [3.05, 3.63) is 46.2 Å². The van der Waals surface area contributed by atoms with Crippen LogP contribution in [0, 0.1) is 0 Å². The average molecular weight is 426 g/mol. The fraction of sp³-hybridized carbons (Fsp3) is 0.450. The van der Waals surface area contributed by atoms with Crippen LogP contribution in [0.4, 0.5) is 0 Å². The van der Waals surface area contributed by atoms with Gasteiger partial charge in [-0.3, -0.25) is 9.36 Å². The van der Waals surface area contributed by atoms with Gasteiger partial charge >= 0.3 is 7.60 Å². The highest BCUT2D eigenvalue weighted by Gasteiger charge is 2.12. The van der Waals surface area contributed by atoms with Crippen molar-refractivity contribution in [1.29, 1.82) is 0 Å². The highest BCUT2D eigenvalue weighted by atomic mass is 32.1. The number of thiophene rings is 1. The summed E-state index contributed by atoms with van der Waals surface area (Å²) in [6.45, 7) is 0.482. The molecular weight excluding hydrogens is 399 g/mol. The minimum Gasteiger partial charge on any atom is -0.497 e. The first-order chi connectivity index (χ1) is 13.4. The van der Waals surface area contributed by atoms with Crippen molar-refractivity contribution >= 4 is 24.7 Å². The van der Waals surface area contributed by atoms with Crippen LogP contribution in [-0.4, -0.2) is 35.4 Å². The quantitative estimate of drug-likeness (QED) is 0.274. The van der Waals surface area contributed by atoms with Gasteiger partial charge in [0.2, 0.25) is 0 Å². The van der Waals surface area contributed by atoms with Crippen molar-refractivity contribution in [3.63, 3.8) is 0 Å². The minimum absolute atomic E-state index is 0.0558. The van der Waals surface area contributed by atoms with Gasteiger partial charge in [0.1, 0.15) is 11.5 Å². The number of methoxy groups -OCH3 is 1. The van der Waals surface area contributed by atoms with Gasteiger partial charge in [0.05, 0.1) is 18.6 Å². The Kier molecular flexibility index (Phi) is 9.19.